The van der Waals surface area contributed by atoms with Crippen molar-refractivity contribution in [3.63, 3.8) is 0 Å². The van der Waals surface area contributed by atoms with Crippen LogP contribution in [0.15, 0.2) is 64.3 Å². The summed E-state index contributed by atoms with van der Waals surface area (Å²) in [5.41, 5.74) is 4.81. The summed E-state index contributed by atoms with van der Waals surface area (Å²) < 4.78 is 27.3. The van der Waals surface area contributed by atoms with E-state index in [4.69, 9.17) is 0 Å². The molecular formula is C22H25N3O3S3. The molecule has 0 bridgehead atoms. The number of hydrogen-bond donors (Lipinski definition) is 2. The molecule has 3 rings (SSSR count). The first-order valence-electron chi connectivity index (χ1n) is 9.78. The van der Waals surface area contributed by atoms with Gasteiger partial charge in [-0.1, -0.05) is 36.4 Å². The lowest BCUT2D eigenvalue weighted by Gasteiger charge is -2.14. The van der Waals surface area contributed by atoms with Crippen LogP contribution in [0, 0.1) is 0 Å². The maximum atomic E-state index is 12.9. The fourth-order valence-corrected chi connectivity index (χ4v) is 6.10. The van der Waals surface area contributed by atoms with E-state index in [0.29, 0.717) is 16.9 Å². The average Bonchev–Trinajstić information content (AvgIpc) is 3.24. The molecule has 0 unspecified atom stereocenters. The van der Waals surface area contributed by atoms with E-state index in [1.165, 1.54) is 0 Å². The number of nitrogens with one attached hydrogen (secondary N) is 2. The zero-order valence-electron chi connectivity index (χ0n) is 17.4. The van der Waals surface area contributed by atoms with E-state index in [-0.39, 0.29) is 24.2 Å². The van der Waals surface area contributed by atoms with E-state index in [1.807, 2.05) is 35.7 Å². The lowest BCUT2D eigenvalue weighted by atomic mass is 10.1. The van der Waals surface area contributed by atoms with Gasteiger partial charge in [-0.25, -0.2) is 18.1 Å². The summed E-state index contributed by atoms with van der Waals surface area (Å²) in [5, 5.41) is 4.93. The van der Waals surface area contributed by atoms with Gasteiger partial charge in [-0.15, -0.1) is 23.1 Å². The van der Waals surface area contributed by atoms with E-state index in [9.17, 15) is 13.2 Å². The highest BCUT2D eigenvalue weighted by Gasteiger charge is 2.17. The molecule has 0 aliphatic carbocycles. The molecule has 1 aromatic heterocycles. The summed E-state index contributed by atoms with van der Waals surface area (Å²) in [6.45, 7) is 3.82. The Kier molecular flexibility index (Phi) is 8.25. The molecule has 1 heterocycles. The normalized spacial score (nSPS) is 11.6. The lowest BCUT2D eigenvalue weighted by molar-refractivity contribution is 0.0948. The Morgan fingerprint density at radius 1 is 1.10 bits per heavy atom. The molecule has 3 aromatic rings. The summed E-state index contributed by atoms with van der Waals surface area (Å²) in [5.74, 6) is 0.369. The summed E-state index contributed by atoms with van der Waals surface area (Å²) in [6.07, 6.45) is 0. The number of aromatic nitrogens is 1. The molecule has 6 nitrogen and oxygen atoms in total. The molecule has 9 heteroatoms. The number of thioether (sulfide) groups is 1. The van der Waals surface area contributed by atoms with E-state index in [1.54, 1.807) is 60.7 Å². The number of nitrogens with zero attached hydrogens (tertiary/aromatic N) is 1. The largest absolute Gasteiger partial charge is 0.348 e. The van der Waals surface area contributed by atoms with Gasteiger partial charge in [0.05, 0.1) is 22.5 Å². The first kappa shape index (κ1) is 23.5. The van der Waals surface area contributed by atoms with Gasteiger partial charge in [-0.2, -0.15) is 0 Å². The topological polar surface area (TPSA) is 88.2 Å². The number of carbonyl (C=O) groups excluding carboxylic acids is 1. The van der Waals surface area contributed by atoms with Crippen LogP contribution in [0.3, 0.4) is 0 Å². The van der Waals surface area contributed by atoms with Gasteiger partial charge >= 0.3 is 0 Å². The molecule has 0 saturated carbocycles. The molecule has 164 valence electrons. The molecule has 0 saturated heterocycles. The fraction of sp³-hybridized carbons (Fsp3) is 0.273. The summed E-state index contributed by atoms with van der Waals surface area (Å²) in [4.78, 5) is 18.0. The van der Waals surface area contributed by atoms with Gasteiger partial charge in [0, 0.05) is 28.6 Å². The highest BCUT2D eigenvalue weighted by Crippen LogP contribution is 2.26. The number of hydrogen-bond acceptors (Lipinski definition) is 6. The van der Waals surface area contributed by atoms with E-state index < -0.39 is 10.0 Å². The van der Waals surface area contributed by atoms with Crippen LogP contribution in [0.5, 0.6) is 0 Å². The molecular weight excluding hydrogens is 450 g/mol. The SMILES string of the molecule is CC(C)NS(=O)(=O)Cc1ccccc1CNC(=O)c1ccccc1SCc1cscn1. The molecule has 0 atom stereocenters. The second-order valence-electron chi connectivity index (χ2n) is 7.25. The third-order valence-electron chi connectivity index (χ3n) is 4.31. The average molecular weight is 476 g/mol. The molecule has 31 heavy (non-hydrogen) atoms. The Morgan fingerprint density at radius 3 is 2.52 bits per heavy atom. The van der Waals surface area contributed by atoms with Crippen molar-refractivity contribution in [2.75, 3.05) is 0 Å². The standard InChI is InChI=1S/C22H25N3O3S3/c1-16(2)25-31(27,28)14-18-8-4-3-7-17(18)11-23-22(26)20-9-5-6-10-21(20)30-13-19-12-29-15-24-19/h3-10,12,15-16,25H,11,13-14H2,1-2H3,(H,23,26). The molecule has 2 N–H and O–H groups in total. The highest BCUT2D eigenvalue weighted by atomic mass is 32.2. The molecule has 0 radical (unpaired) electrons. The first-order valence-corrected chi connectivity index (χ1v) is 13.4. The number of benzene rings is 2. The van der Waals surface area contributed by atoms with Gasteiger partial charge in [0.2, 0.25) is 10.0 Å². The fourth-order valence-electron chi connectivity index (χ4n) is 2.99. The Bertz CT molecular complexity index is 1110. The van der Waals surface area contributed by atoms with Crippen LogP contribution >= 0.6 is 23.1 Å². The zero-order chi connectivity index (χ0) is 22.3. The van der Waals surface area contributed by atoms with Crippen molar-refractivity contribution in [3.8, 4) is 0 Å². The molecule has 2 aromatic carbocycles. The van der Waals surface area contributed by atoms with E-state index in [2.05, 4.69) is 15.0 Å². The van der Waals surface area contributed by atoms with Crippen LogP contribution in [0.2, 0.25) is 0 Å². The lowest BCUT2D eigenvalue weighted by Crippen LogP contribution is -2.32. The predicted octanol–water partition coefficient (Wildman–Crippen LogP) is 4.19. The summed E-state index contributed by atoms with van der Waals surface area (Å²) in [7, 11) is -3.45. The van der Waals surface area contributed by atoms with Crippen LogP contribution in [0.25, 0.3) is 0 Å². The maximum Gasteiger partial charge on any atom is 0.252 e. The summed E-state index contributed by atoms with van der Waals surface area (Å²) >= 11 is 3.12. The van der Waals surface area contributed by atoms with Gasteiger partial charge in [-0.05, 0) is 37.1 Å². The van der Waals surface area contributed by atoms with Crippen LogP contribution in [-0.2, 0) is 28.1 Å². The Labute approximate surface area is 191 Å². The quantitative estimate of drug-likeness (QED) is 0.429. The second kappa shape index (κ2) is 10.9. The Morgan fingerprint density at radius 2 is 1.81 bits per heavy atom. The van der Waals surface area contributed by atoms with Crippen molar-refractivity contribution < 1.29 is 13.2 Å². The third kappa shape index (κ3) is 7.17. The minimum Gasteiger partial charge on any atom is -0.348 e. The minimum atomic E-state index is -3.45. The molecule has 0 aliphatic heterocycles. The van der Waals surface area contributed by atoms with E-state index in [0.717, 1.165) is 16.2 Å². The van der Waals surface area contributed by atoms with E-state index >= 15 is 0 Å². The van der Waals surface area contributed by atoms with Crippen LogP contribution < -0.4 is 10.0 Å². The minimum absolute atomic E-state index is 0.128. The monoisotopic (exact) mass is 475 g/mol. The van der Waals surface area contributed by atoms with Crippen molar-refractivity contribution in [3.05, 3.63) is 81.8 Å². The third-order valence-corrected chi connectivity index (χ3v) is 7.57. The van der Waals surface area contributed by atoms with Crippen LogP contribution in [0.4, 0.5) is 0 Å². The van der Waals surface area contributed by atoms with Crippen molar-refractivity contribution in [2.45, 2.75) is 42.8 Å². The molecule has 1 amide bonds. The molecule has 0 fully saturated rings. The number of carbonyl (C=O) groups is 1. The number of sulfonamides is 1. The van der Waals surface area contributed by atoms with Gasteiger partial charge < -0.3 is 5.32 Å². The van der Waals surface area contributed by atoms with Gasteiger partial charge in [0.25, 0.3) is 5.91 Å². The van der Waals surface area contributed by atoms with Crippen molar-refractivity contribution >= 4 is 39.0 Å². The second-order valence-corrected chi connectivity index (χ2v) is 10.7. The van der Waals surface area contributed by atoms with Crippen molar-refractivity contribution in [2.24, 2.45) is 0 Å². The number of amides is 1. The van der Waals surface area contributed by atoms with Crippen LogP contribution in [-0.4, -0.2) is 25.4 Å². The molecule has 0 aliphatic rings. The van der Waals surface area contributed by atoms with Gasteiger partial charge in [-0.3, -0.25) is 4.79 Å². The highest BCUT2D eigenvalue weighted by molar-refractivity contribution is 7.98. The number of rotatable bonds is 10. The Hall–Kier alpha value is -2.20. The summed E-state index contributed by atoms with van der Waals surface area (Å²) in [6, 6.07) is 14.5. The zero-order valence-corrected chi connectivity index (χ0v) is 19.8. The Balaban J connectivity index is 1.68. The van der Waals surface area contributed by atoms with Gasteiger partial charge in [0.15, 0.2) is 0 Å². The van der Waals surface area contributed by atoms with Crippen molar-refractivity contribution in [1.29, 1.82) is 0 Å². The smallest absolute Gasteiger partial charge is 0.252 e. The van der Waals surface area contributed by atoms with Crippen molar-refractivity contribution in [1.82, 2.24) is 15.0 Å². The maximum absolute atomic E-state index is 12.9. The van der Waals surface area contributed by atoms with Gasteiger partial charge in [0.1, 0.15) is 0 Å². The van der Waals surface area contributed by atoms with Crippen LogP contribution in [0.1, 0.15) is 41.0 Å². The predicted molar refractivity (Wildman–Crippen MR) is 127 cm³/mol. The first-order chi connectivity index (χ1) is 14.8. The number of thiazole rings is 1. The molecule has 0 spiro atoms.